The summed E-state index contributed by atoms with van der Waals surface area (Å²) >= 11 is 0. The predicted octanol–water partition coefficient (Wildman–Crippen LogP) is 6.72. The third kappa shape index (κ3) is 5.04. The van der Waals surface area contributed by atoms with Crippen LogP contribution in [0, 0.1) is 11.8 Å². The number of rotatable bonds is 7. The number of hydrogen-bond donors (Lipinski definition) is 1. The lowest BCUT2D eigenvalue weighted by Crippen LogP contribution is -2.45. The molecule has 4 heteroatoms. The van der Waals surface area contributed by atoms with Crippen molar-refractivity contribution in [3.63, 3.8) is 0 Å². The highest BCUT2D eigenvalue weighted by Gasteiger charge is 2.45. The minimum atomic E-state index is -1.97. The van der Waals surface area contributed by atoms with Gasteiger partial charge in [-0.3, -0.25) is 0 Å². The zero-order chi connectivity index (χ0) is 25.1. The Morgan fingerprint density at radius 1 is 0.886 bits per heavy atom. The number of hydrogen-bond acceptors (Lipinski definition) is 3. The van der Waals surface area contributed by atoms with Crippen molar-refractivity contribution in [2.24, 2.45) is 11.8 Å². The molecule has 1 aliphatic rings. The molecule has 1 aliphatic carbocycles. The first kappa shape index (κ1) is 25.1. The Morgan fingerprint density at radius 3 is 2.00 bits per heavy atom. The van der Waals surface area contributed by atoms with Gasteiger partial charge in [-0.25, -0.2) is 9.18 Å². The number of ether oxygens (including phenoxy) is 1. The molecular formula is C31H35FO3. The van der Waals surface area contributed by atoms with Crippen LogP contribution in [-0.2, 0) is 27.2 Å². The van der Waals surface area contributed by atoms with Crippen LogP contribution in [0.3, 0.4) is 0 Å². The van der Waals surface area contributed by atoms with E-state index in [0.717, 1.165) is 19.3 Å². The maximum Gasteiger partial charge on any atom is 0.347 e. The molecule has 3 aromatic rings. The average molecular weight is 475 g/mol. The van der Waals surface area contributed by atoms with Gasteiger partial charge in [-0.05, 0) is 58.8 Å². The van der Waals surface area contributed by atoms with Crippen molar-refractivity contribution in [1.29, 1.82) is 0 Å². The Morgan fingerprint density at radius 2 is 1.43 bits per heavy atom. The van der Waals surface area contributed by atoms with Crippen LogP contribution in [-0.4, -0.2) is 17.2 Å². The Kier molecular flexibility index (Phi) is 7.42. The minimum Gasteiger partial charge on any atom is -0.459 e. The van der Waals surface area contributed by atoms with E-state index in [9.17, 15) is 14.3 Å². The molecule has 0 unspecified atom stereocenters. The molecule has 3 aromatic carbocycles. The van der Waals surface area contributed by atoms with Gasteiger partial charge >= 0.3 is 5.97 Å². The van der Waals surface area contributed by atoms with E-state index in [0.29, 0.717) is 22.6 Å². The lowest BCUT2D eigenvalue weighted by Gasteiger charge is -2.43. The van der Waals surface area contributed by atoms with Crippen LogP contribution >= 0.6 is 0 Å². The first-order valence-electron chi connectivity index (χ1n) is 12.5. The number of halogens is 1. The lowest BCUT2D eigenvalue weighted by molar-refractivity contribution is -0.173. The number of aliphatic hydroxyl groups is 1. The molecule has 0 bridgehead atoms. The van der Waals surface area contributed by atoms with E-state index in [1.54, 1.807) is 48.5 Å². The molecule has 1 fully saturated rings. The maximum absolute atomic E-state index is 13.7. The summed E-state index contributed by atoms with van der Waals surface area (Å²) in [5.74, 6) is -0.157. The molecule has 0 radical (unpaired) electrons. The van der Waals surface area contributed by atoms with Crippen molar-refractivity contribution in [3.05, 3.63) is 107 Å². The third-order valence-electron chi connectivity index (χ3n) is 7.93. The zero-order valence-corrected chi connectivity index (χ0v) is 20.8. The van der Waals surface area contributed by atoms with Crippen molar-refractivity contribution >= 4 is 5.97 Å². The van der Waals surface area contributed by atoms with Crippen LogP contribution in [0.5, 0.6) is 0 Å². The standard InChI is InChI=1S/C31H35FO3/c1-22-14-17-27(30(2,3)24-10-6-4-7-11-24)20-28(22)35-29(33)31(34,25-12-8-5-9-13-25)26-18-15-23(21-32)16-19-26/h4-13,15-16,18-19,22,27-28,34H,14,17,20-21H2,1-3H3/t22-,27-,28+,31+/m1/s1. The summed E-state index contributed by atoms with van der Waals surface area (Å²) in [5.41, 5.74) is 0.530. The van der Waals surface area contributed by atoms with E-state index in [4.69, 9.17) is 4.74 Å². The van der Waals surface area contributed by atoms with Crippen molar-refractivity contribution in [3.8, 4) is 0 Å². The van der Waals surface area contributed by atoms with Gasteiger partial charge in [-0.1, -0.05) is 106 Å². The van der Waals surface area contributed by atoms with Gasteiger partial charge < -0.3 is 9.84 Å². The fourth-order valence-electron chi connectivity index (χ4n) is 5.34. The fraction of sp³-hybridized carbons (Fsp3) is 0.387. The molecule has 4 atom stereocenters. The second-order valence-corrected chi connectivity index (χ2v) is 10.4. The SMILES string of the molecule is C[C@@H]1CC[C@@H](C(C)(C)c2ccccc2)C[C@@H]1OC(=O)[C@](O)(c1ccccc1)c1ccc(CF)cc1. The molecule has 35 heavy (non-hydrogen) atoms. The molecular weight excluding hydrogens is 439 g/mol. The van der Waals surface area contributed by atoms with Gasteiger partial charge in [0.1, 0.15) is 12.8 Å². The quantitative estimate of drug-likeness (QED) is 0.387. The molecule has 3 nitrogen and oxygen atoms in total. The molecule has 0 saturated heterocycles. The topological polar surface area (TPSA) is 46.5 Å². The molecule has 0 aliphatic heterocycles. The second-order valence-electron chi connectivity index (χ2n) is 10.4. The van der Waals surface area contributed by atoms with Gasteiger partial charge in [0, 0.05) is 0 Å². The van der Waals surface area contributed by atoms with Crippen LogP contribution < -0.4 is 0 Å². The first-order valence-corrected chi connectivity index (χ1v) is 12.5. The second kappa shape index (κ2) is 10.3. The van der Waals surface area contributed by atoms with Crippen LogP contribution in [0.1, 0.15) is 62.3 Å². The van der Waals surface area contributed by atoms with Crippen molar-refractivity contribution in [2.45, 2.75) is 63.8 Å². The highest BCUT2D eigenvalue weighted by molar-refractivity contribution is 5.85. The van der Waals surface area contributed by atoms with Gasteiger partial charge in [0.25, 0.3) is 0 Å². The smallest absolute Gasteiger partial charge is 0.347 e. The molecule has 1 N–H and O–H groups in total. The zero-order valence-electron chi connectivity index (χ0n) is 20.8. The molecule has 0 spiro atoms. The summed E-state index contributed by atoms with van der Waals surface area (Å²) in [7, 11) is 0. The summed E-state index contributed by atoms with van der Waals surface area (Å²) in [6, 6.07) is 25.7. The molecule has 184 valence electrons. The Balaban J connectivity index is 1.61. The van der Waals surface area contributed by atoms with Gasteiger partial charge in [0.15, 0.2) is 0 Å². The Labute approximate surface area is 208 Å². The lowest BCUT2D eigenvalue weighted by atomic mass is 9.65. The van der Waals surface area contributed by atoms with E-state index in [2.05, 4.69) is 45.0 Å². The summed E-state index contributed by atoms with van der Waals surface area (Å²) in [6.07, 6.45) is 2.45. The Hall–Kier alpha value is -2.98. The molecule has 4 rings (SSSR count). The van der Waals surface area contributed by atoms with Crippen molar-refractivity contribution < 1.29 is 19.0 Å². The third-order valence-corrected chi connectivity index (χ3v) is 7.93. The highest BCUT2D eigenvalue weighted by Crippen LogP contribution is 2.44. The highest BCUT2D eigenvalue weighted by atomic mass is 19.1. The van der Waals surface area contributed by atoms with Crippen LogP contribution in [0.15, 0.2) is 84.9 Å². The number of benzene rings is 3. The van der Waals surface area contributed by atoms with Crippen LogP contribution in [0.2, 0.25) is 0 Å². The normalized spacial score (nSPS) is 22.3. The predicted molar refractivity (Wildman–Crippen MR) is 137 cm³/mol. The van der Waals surface area contributed by atoms with E-state index >= 15 is 0 Å². The van der Waals surface area contributed by atoms with E-state index in [1.807, 2.05) is 12.1 Å². The van der Waals surface area contributed by atoms with Gasteiger partial charge in [0.2, 0.25) is 5.60 Å². The molecule has 1 saturated carbocycles. The average Bonchev–Trinajstić information content (AvgIpc) is 2.90. The van der Waals surface area contributed by atoms with Gasteiger partial charge in [0.05, 0.1) is 0 Å². The summed E-state index contributed by atoms with van der Waals surface area (Å²) in [5, 5.41) is 11.8. The number of carbonyl (C=O) groups excluding carboxylic acids is 1. The first-order chi connectivity index (χ1) is 16.8. The van der Waals surface area contributed by atoms with Gasteiger partial charge in [-0.2, -0.15) is 0 Å². The molecule has 0 heterocycles. The molecule has 0 amide bonds. The number of esters is 1. The minimum absolute atomic E-state index is 0.0655. The Bertz CT molecular complexity index is 1110. The van der Waals surface area contributed by atoms with Crippen LogP contribution in [0.4, 0.5) is 4.39 Å². The van der Waals surface area contributed by atoms with E-state index < -0.39 is 18.2 Å². The summed E-state index contributed by atoms with van der Waals surface area (Å²) in [4.78, 5) is 13.7. The van der Waals surface area contributed by atoms with Crippen molar-refractivity contribution in [1.82, 2.24) is 0 Å². The van der Waals surface area contributed by atoms with E-state index in [1.165, 1.54) is 5.56 Å². The van der Waals surface area contributed by atoms with Gasteiger partial charge in [-0.15, -0.1) is 0 Å². The van der Waals surface area contributed by atoms with E-state index in [-0.39, 0.29) is 17.4 Å². The van der Waals surface area contributed by atoms with Crippen LogP contribution in [0.25, 0.3) is 0 Å². The fourth-order valence-corrected chi connectivity index (χ4v) is 5.34. The summed E-state index contributed by atoms with van der Waals surface area (Å²) < 4.78 is 19.2. The number of carbonyl (C=O) groups is 1. The van der Waals surface area contributed by atoms with Crippen molar-refractivity contribution in [2.75, 3.05) is 0 Å². The number of alkyl halides is 1. The monoisotopic (exact) mass is 474 g/mol. The largest absolute Gasteiger partial charge is 0.459 e. The molecule has 0 aromatic heterocycles. The summed E-state index contributed by atoms with van der Waals surface area (Å²) in [6.45, 7) is 6.02. The maximum atomic E-state index is 13.7.